The van der Waals surface area contributed by atoms with Gasteiger partial charge in [-0.05, 0) is 48.7 Å². The third-order valence-electron chi connectivity index (χ3n) is 3.70. The summed E-state index contributed by atoms with van der Waals surface area (Å²) in [6, 6.07) is 10.7. The van der Waals surface area contributed by atoms with Crippen LogP contribution >= 0.6 is 0 Å². The highest BCUT2D eigenvalue weighted by molar-refractivity contribution is 6.04. The van der Waals surface area contributed by atoms with Gasteiger partial charge in [0, 0.05) is 23.9 Å². The third-order valence-corrected chi connectivity index (χ3v) is 3.70. The zero-order valence-corrected chi connectivity index (χ0v) is 14.1. The number of carbonyl (C=O) groups excluding carboxylic acids is 2. The Morgan fingerprint density at radius 2 is 2.08 bits per heavy atom. The molecular formula is C20H16N4O2. The SMILES string of the molecule is C#CC(=O)Cc1cnn(-c2cccc(C(=O)Nc3ccc(C)nc3)c2)c1. The first-order valence-corrected chi connectivity index (χ1v) is 7.92. The van der Waals surface area contributed by atoms with E-state index in [-0.39, 0.29) is 18.1 Å². The van der Waals surface area contributed by atoms with E-state index < -0.39 is 0 Å². The highest BCUT2D eigenvalue weighted by Gasteiger charge is 2.09. The number of ketones is 1. The Morgan fingerprint density at radius 1 is 1.23 bits per heavy atom. The molecule has 128 valence electrons. The van der Waals surface area contributed by atoms with Crippen LogP contribution in [-0.4, -0.2) is 26.5 Å². The Morgan fingerprint density at radius 3 is 2.81 bits per heavy atom. The lowest BCUT2D eigenvalue weighted by molar-refractivity contribution is -0.113. The molecule has 0 bridgehead atoms. The molecule has 0 aliphatic carbocycles. The molecule has 0 atom stereocenters. The second-order valence-electron chi connectivity index (χ2n) is 5.73. The molecule has 26 heavy (non-hydrogen) atoms. The van der Waals surface area contributed by atoms with E-state index in [1.807, 2.05) is 19.1 Å². The zero-order chi connectivity index (χ0) is 18.5. The van der Waals surface area contributed by atoms with Crippen molar-refractivity contribution in [2.75, 3.05) is 5.32 Å². The molecule has 2 aromatic heterocycles. The van der Waals surface area contributed by atoms with Crippen LogP contribution in [0.3, 0.4) is 0 Å². The first kappa shape index (κ1) is 17.1. The second kappa shape index (κ2) is 7.45. The Balaban J connectivity index is 1.77. The number of amides is 1. The highest BCUT2D eigenvalue weighted by atomic mass is 16.1. The molecule has 0 unspecified atom stereocenters. The van der Waals surface area contributed by atoms with Gasteiger partial charge in [0.15, 0.2) is 0 Å². The fraction of sp³-hybridized carbons (Fsp3) is 0.100. The minimum absolute atomic E-state index is 0.136. The Labute approximate surface area is 150 Å². The first-order valence-electron chi connectivity index (χ1n) is 7.92. The fourth-order valence-electron chi connectivity index (χ4n) is 2.36. The van der Waals surface area contributed by atoms with Crippen molar-refractivity contribution in [2.45, 2.75) is 13.3 Å². The number of pyridine rings is 1. The Bertz CT molecular complexity index is 997. The number of terminal acetylenes is 1. The number of Topliss-reactive ketones (excluding diaryl/α,β-unsaturated/α-hetero) is 1. The van der Waals surface area contributed by atoms with Gasteiger partial charge in [0.05, 0.1) is 23.8 Å². The molecule has 1 N–H and O–H groups in total. The predicted octanol–water partition coefficient (Wildman–Crippen LogP) is 2.57. The summed E-state index contributed by atoms with van der Waals surface area (Å²) in [5.41, 5.74) is 3.41. The second-order valence-corrected chi connectivity index (χ2v) is 5.73. The maximum atomic E-state index is 12.4. The van der Waals surface area contributed by atoms with Crippen LogP contribution in [0.2, 0.25) is 0 Å². The van der Waals surface area contributed by atoms with Crippen LogP contribution in [0.25, 0.3) is 5.69 Å². The number of aromatic nitrogens is 3. The summed E-state index contributed by atoms with van der Waals surface area (Å²) in [4.78, 5) is 27.9. The van der Waals surface area contributed by atoms with Crippen LogP contribution in [0.1, 0.15) is 21.6 Å². The number of hydrogen-bond acceptors (Lipinski definition) is 4. The number of rotatable bonds is 5. The molecule has 1 amide bonds. The minimum atomic E-state index is -0.301. The lowest BCUT2D eigenvalue weighted by atomic mass is 10.1. The van der Waals surface area contributed by atoms with E-state index in [2.05, 4.69) is 21.3 Å². The van der Waals surface area contributed by atoms with Crippen molar-refractivity contribution in [1.29, 1.82) is 0 Å². The van der Waals surface area contributed by atoms with Gasteiger partial charge in [0.25, 0.3) is 5.91 Å². The quantitative estimate of drug-likeness (QED) is 0.570. The molecule has 0 spiro atoms. The van der Waals surface area contributed by atoms with Crippen LogP contribution in [0.4, 0.5) is 5.69 Å². The number of carbonyl (C=O) groups is 2. The van der Waals surface area contributed by atoms with Gasteiger partial charge >= 0.3 is 0 Å². The molecule has 0 fully saturated rings. The summed E-state index contributed by atoms with van der Waals surface area (Å²) in [6.07, 6.45) is 10.1. The maximum absolute atomic E-state index is 12.4. The molecule has 0 saturated heterocycles. The van der Waals surface area contributed by atoms with Gasteiger partial charge in [-0.3, -0.25) is 14.6 Å². The molecule has 0 aliphatic heterocycles. The molecule has 6 heteroatoms. The average Bonchev–Trinajstić information content (AvgIpc) is 3.12. The molecule has 6 nitrogen and oxygen atoms in total. The third kappa shape index (κ3) is 4.02. The lowest BCUT2D eigenvalue weighted by Gasteiger charge is -2.07. The fourth-order valence-corrected chi connectivity index (χ4v) is 2.36. The summed E-state index contributed by atoms with van der Waals surface area (Å²) in [5.74, 6) is 1.53. The lowest BCUT2D eigenvalue weighted by Crippen LogP contribution is -2.12. The van der Waals surface area contributed by atoms with Crippen LogP contribution in [-0.2, 0) is 11.2 Å². The van der Waals surface area contributed by atoms with Crippen LogP contribution in [0.5, 0.6) is 0 Å². The van der Waals surface area contributed by atoms with Crippen LogP contribution < -0.4 is 5.32 Å². The normalized spacial score (nSPS) is 10.2. The molecule has 3 rings (SSSR count). The number of anilines is 1. The van der Waals surface area contributed by atoms with Gasteiger partial charge < -0.3 is 5.32 Å². The molecule has 2 heterocycles. The summed E-state index contributed by atoms with van der Waals surface area (Å²) >= 11 is 0. The van der Waals surface area contributed by atoms with Crippen molar-refractivity contribution in [3.05, 3.63) is 71.8 Å². The van der Waals surface area contributed by atoms with E-state index in [0.717, 1.165) is 5.69 Å². The van der Waals surface area contributed by atoms with E-state index >= 15 is 0 Å². The van der Waals surface area contributed by atoms with E-state index in [1.54, 1.807) is 47.5 Å². The zero-order valence-electron chi connectivity index (χ0n) is 14.1. The minimum Gasteiger partial charge on any atom is -0.321 e. The molecule has 1 aromatic carbocycles. The van der Waals surface area contributed by atoms with Crippen molar-refractivity contribution in [3.8, 4) is 18.0 Å². The standard InChI is InChI=1S/C20H16N4O2/c1-3-19(25)9-15-11-22-24(13-15)18-6-4-5-16(10-18)20(26)23-17-8-7-14(2)21-12-17/h1,4-8,10-13H,9H2,2H3,(H,23,26). The summed E-state index contributed by atoms with van der Waals surface area (Å²) < 4.78 is 1.60. The van der Waals surface area contributed by atoms with Gasteiger partial charge in [-0.2, -0.15) is 5.10 Å². The summed E-state index contributed by atoms with van der Waals surface area (Å²) in [5, 5.41) is 7.03. The highest BCUT2D eigenvalue weighted by Crippen LogP contribution is 2.14. The first-order chi connectivity index (χ1) is 12.5. The van der Waals surface area contributed by atoms with Crippen LogP contribution in [0, 0.1) is 19.3 Å². The van der Waals surface area contributed by atoms with Crippen molar-refractivity contribution < 1.29 is 9.59 Å². The molecule has 3 aromatic rings. The van der Waals surface area contributed by atoms with Crippen molar-refractivity contribution in [2.24, 2.45) is 0 Å². The Hall–Kier alpha value is -3.72. The van der Waals surface area contributed by atoms with Crippen molar-refractivity contribution in [1.82, 2.24) is 14.8 Å². The summed E-state index contributed by atoms with van der Waals surface area (Å²) in [6.45, 7) is 1.88. The monoisotopic (exact) mass is 344 g/mol. The largest absolute Gasteiger partial charge is 0.321 e. The van der Waals surface area contributed by atoms with Gasteiger partial charge in [0.1, 0.15) is 0 Å². The number of nitrogens with one attached hydrogen (secondary N) is 1. The summed E-state index contributed by atoms with van der Waals surface area (Å²) in [7, 11) is 0. The van der Waals surface area contributed by atoms with Crippen LogP contribution in [0.15, 0.2) is 55.0 Å². The number of aryl methyl sites for hydroxylation is 1. The van der Waals surface area contributed by atoms with Gasteiger partial charge in [0.2, 0.25) is 5.78 Å². The van der Waals surface area contributed by atoms with E-state index in [1.165, 1.54) is 0 Å². The average molecular weight is 344 g/mol. The van der Waals surface area contributed by atoms with Gasteiger partial charge in [-0.25, -0.2) is 4.68 Å². The number of hydrogen-bond donors (Lipinski definition) is 1. The smallest absolute Gasteiger partial charge is 0.255 e. The van der Waals surface area contributed by atoms with Gasteiger partial charge in [-0.1, -0.05) is 6.07 Å². The molecular weight excluding hydrogens is 328 g/mol. The van der Waals surface area contributed by atoms with Crippen molar-refractivity contribution in [3.63, 3.8) is 0 Å². The number of benzene rings is 1. The van der Waals surface area contributed by atoms with Gasteiger partial charge in [-0.15, -0.1) is 6.42 Å². The van der Waals surface area contributed by atoms with E-state index in [4.69, 9.17) is 6.42 Å². The van der Waals surface area contributed by atoms with Crippen molar-refractivity contribution >= 4 is 17.4 Å². The molecule has 0 radical (unpaired) electrons. The van der Waals surface area contributed by atoms with E-state index in [9.17, 15) is 9.59 Å². The molecule has 0 saturated carbocycles. The topological polar surface area (TPSA) is 76.9 Å². The predicted molar refractivity (Wildman–Crippen MR) is 98.0 cm³/mol. The Kier molecular flexibility index (Phi) is 4.90. The number of nitrogens with zero attached hydrogens (tertiary/aromatic N) is 3. The van der Waals surface area contributed by atoms with E-state index in [0.29, 0.717) is 22.5 Å². The maximum Gasteiger partial charge on any atom is 0.255 e. The molecule has 0 aliphatic rings.